The minimum absolute atomic E-state index is 0.104. The minimum atomic E-state index is -3.35. The number of hydrogen-bond donors (Lipinski definition) is 1. The van der Waals surface area contributed by atoms with E-state index in [-0.39, 0.29) is 16.9 Å². The molecule has 1 aromatic rings. The summed E-state index contributed by atoms with van der Waals surface area (Å²) in [5, 5.41) is -0.212. The maximum absolute atomic E-state index is 11.1. The molecule has 13 heavy (non-hydrogen) atoms. The van der Waals surface area contributed by atoms with Gasteiger partial charge in [0.1, 0.15) is 0 Å². The second-order valence-corrected chi connectivity index (χ2v) is 4.74. The van der Waals surface area contributed by atoms with Gasteiger partial charge in [-0.1, -0.05) is 0 Å². The highest BCUT2D eigenvalue weighted by molar-refractivity contribution is 7.90. The minimum Gasteiger partial charge on any atom is -0.325 e. The fourth-order valence-electron chi connectivity index (χ4n) is 0.736. The third kappa shape index (κ3) is 2.61. The lowest BCUT2D eigenvalue weighted by Crippen LogP contribution is -2.06. The molecule has 0 aliphatic heterocycles. The monoisotopic (exact) mass is 221 g/mol. The molecule has 7 heteroatoms. The first-order valence-electron chi connectivity index (χ1n) is 3.37. The van der Waals surface area contributed by atoms with Crippen molar-refractivity contribution in [1.82, 2.24) is 9.97 Å². The van der Waals surface area contributed by atoms with Crippen molar-refractivity contribution in [1.29, 1.82) is 0 Å². The Bertz CT molecular complexity index is 418. The van der Waals surface area contributed by atoms with E-state index in [9.17, 15) is 8.42 Å². The van der Waals surface area contributed by atoms with Crippen molar-refractivity contribution in [3.63, 3.8) is 0 Å². The van der Waals surface area contributed by atoms with Crippen LogP contribution >= 0.6 is 11.6 Å². The molecule has 0 saturated carbocycles. The average Bonchev–Trinajstić information content (AvgIpc) is 2.01. The van der Waals surface area contributed by atoms with Crippen LogP contribution < -0.4 is 5.73 Å². The fraction of sp³-hybridized carbons (Fsp3) is 0.333. The Balaban J connectivity index is 3.33. The van der Waals surface area contributed by atoms with Crippen molar-refractivity contribution in [3.05, 3.63) is 17.0 Å². The molecule has 1 aromatic heterocycles. The highest BCUT2D eigenvalue weighted by atomic mass is 35.5. The van der Waals surface area contributed by atoms with E-state index >= 15 is 0 Å². The molecule has 0 spiro atoms. The van der Waals surface area contributed by atoms with Crippen LogP contribution in [0.4, 0.5) is 0 Å². The predicted molar refractivity (Wildman–Crippen MR) is 48.0 cm³/mol. The van der Waals surface area contributed by atoms with Crippen LogP contribution in [-0.2, 0) is 16.4 Å². The van der Waals surface area contributed by atoms with Gasteiger partial charge in [-0.25, -0.2) is 18.4 Å². The smallest absolute Gasteiger partial charge is 0.223 e. The summed E-state index contributed by atoms with van der Waals surface area (Å²) >= 11 is 5.49. The molecule has 0 fully saturated rings. The molecule has 0 saturated heterocycles. The predicted octanol–water partition coefficient (Wildman–Crippen LogP) is -0.00780. The molecule has 5 nitrogen and oxygen atoms in total. The fourth-order valence-corrected chi connectivity index (χ4v) is 1.59. The summed E-state index contributed by atoms with van der Waals surface area (Å²) in [6.45, 7) is 0.130. The molecule has 0 amide bonds. The number of halogens is 1. The lowest BCUT2D eigenvalue weighted by atomic mass is 10.4. The number of hydrogen-bond acceptors (Lipinski definition) is 5. The number of aromatic nitrogens is 2. The molecule has 1 heterocycles. The number of sulfone groups is 1. The van der Waals surface area contributed by atoms with Gasteiger partial charge in [-0.15, -0.1) is 0 Å². The summed E-state index contributed by atoms with van der Waals surface area (Å²) in [5.74, 6) is 0. The van der Waals surface area contributed by atoms with E-state index in [1.54, 1.807) is 0 Å². The van der Waals surface area contributed by atoms with Crippen LogP contribution in [0, 0.1) is 0 Å². The van der Waals surface area contributed by atoms with E-state index in [1.165, 1.54) is 6.07 Å². The molecule has 0 aliphatic rings. The summed E-state index contributed by atoms with van der Waals surface area (Å²) in [7, 11) is -3.35. The Morgan fingerprint density at radius 2 is 2.15 bits per heavy atom. The van der Waals surface area contributed by atoms with E-state index in [0.29, 0.717) is 5.69 Å². The lowest BCUT2D eigenvalue weighted by molar-refractivity contribution is 0.597. The number of nitrogens with two attached hydrogens (primary N) is 1. The van der Waals surface area contributed by atoms with E-state index in [2.05, 4.69) is 9.97 Å². The molecule has 0 unspecified atom stereocenters. The van der Waals surface area contributed by atoms with Crippen LogP contribution in [0.25, 0.3) is 0 Å². The van der Waals surface area contributed by atoms with Crippen LogP contribution in [0.3, 0.4) is 0 Å². The summed E-state index contributed by atoms with van der Waals surface area (Å²) in [4.78, 5) is 7.29. The van der Waals surface area contributed by atoms with E-state index in [4.69, 9.17) is 17.3 Å². The quantitative estimate of drug-likeness (QED) is 0.561. The Labute approximate surface area is 80.9 Å². The van der Waals surface area contributed by atoms with Gasteiger partial charge < -0.3 is 5.73 Å². The standard InChI is InChI=1S/C6H8ClN3O2S/c1-13(11,12)5-2-4(3-8)9-6(7)10-5/h2H,3,8H2,1H3. The van der Waals surface area contributed by atoms with Gasteiger partial charge in [-0.3, -0.25) is 0 Å². The van der Waals surface area contributed by atoms with Gasteiger partial charge in [0.05, 0.1) is 5.69 Å². The molecular weight excluding hydrogens is 214 g/mol. The average molecular weight is 222 g/mol. The first-order chi connectivity index (χ1) is 5.93. The third-order valence-corrected chi connectivity index (χ3v) is 2.46. The maximum Gasteiger partial charge on any atom is 0.223 e. The van der Waals surface area contributed by atoms with Crippen molar-refractivity contribution < 1.29 is 8.42 Å². The Kier molecular flexibility index (Phi) is 2.84. The van der Waals surface area contributed by atoms with Gasteiger partial charge in [0, 0.05) is 12.8 Å². The maximum atomic E-state index is 11.1. The molecule has 0 aromatic carbocycles. The van der Waals surface area contributed by atoms with Crippen LogP contribution in [0.15, 0.2) is 11.1 Å². The highest BCUT2D eigenvalue weighted by Gasteiger charge is 2.11. The van der Waals surface area contributed by atoms with Crippen LogP contribution in [0.5, 0.6) is 0 Å². The topological polar surface area (TPSA) is 85.9 Å². The summed E-state index contributed by atoms with van der Waals surface area (Å²) in [5.41, 5.74) is 5.69. The molecule has 72 valence electrons. The van der Waals surface area contributed by atoms with Crippen molar-refractivity contribution in [2.45, 2.75) is 11.6 Å². The molecule has 0 radical (unpaired) electrons. The van der Waals surface area contributed by atoms with E-state index in [0.717, 1.165) is 6.26 Å². The Morgan fingerprint density at radius 3 is 2.62 bits per heavy atom. The zero-order chi connectivity index (χ0) is 10.1. The number of nitrogens with zero attached hydrogens (tertiary/aromatic N) is 2. The molecule has 0 bridgehead atoms. The van der Waals surface area contributed by atoms with Gasteiger partial charge >= 0.3 is 0 Å². The zero-order valence-corrected chi connectivity index (χ0v) is 8.43. The Hall–Kier alpha value is -0.720. The largest absolute Gasteiger partial charge is 0.325 e. The molecule has 2 N–H and O–H groups in total. The van der Waals surface area contributed by atoms with Crippen LogP contribution in [-0.4, -0.2) is 24.6 Å². The van der Waals surface area contributed by atoms with Crippen LogP contribution in [0.2, 0.25) is 5.28 Å². The summed E-state index contributed by atoms with van der Waals surface area (Å²) < 4.78 is 22.1. The zero-order valence-electron chi connectivity index (χ0n) is 6.86. The van der Waals surface area contributed by atoms with Gasteiger partial charge in [-0.05, 0) is 17.7 Å². The normalized spacial score (nSPS) is 11.6. The molecule has 0 aliphatic carbocycles. The summed E-state index contributed by atoms with van der Waals surface area (Å²) in [6, 6.07) is 1.31. The Morgan fingerprint density at radius 1 is 1.54 bits per heavy atom. The molecule has 1 rings (SSSR count). The van der Waals surface area contributed by atoms with Gasteiger partial charge in [-0.2, -0.15) is 0 Å². The number of rotatable bonds is 2. The van der Waals surface area contributed by atoms with Crippen molar-refractivity contribution in [3.8, 4) is 0 Å². The first kappa shape index (κ1) is 10.4. The van der Waals surface area contributed by atoms with Crippen molar-refractivity contribution >= 4 is 21.4 Å². The van der Waals surface area contributed by atoms with Crippen LogP contribution in [0.1, 0.15) is 5.69 Å². The molecular formula is C6H8ClN3O2S. The first-order valence-corrected chi connectivity index (χ1v) is 5.64. The van der Waals surface area contributed by atoms with Gasteiger partial charge in [0.15, 0.2) is 14.9 Å². The van der Waals surface area contributed by atoms with Crippen molar-refractivity contribution in [2.24, 2.45) is 5.73 Å². The lowest BCUT2D eigenvalue weighted by Gasteiger charge is -2.00. The van der Waals surface area contributed by atoms with Crippen molar-refractivity contribution in [2.75, 3.05) is 6.26 Å². The van der Waals surface area contributed by atoms with E-state index < -0.39 is 9.84 Å². The highest BCUT2D eigenvalue weighted by Crippen LogP contribution is 2.10. The van der Waals surface area contributed by atoms with Gasteiger partial charge in [0.25, 0.3) is 0 Å². The van der Waals surface area contributed by atoms with E-state index in [1.807, 2.05) is 0 Å². The second-order valence-electron chi connectivity index (χ2n) is 2.44. The summed E-state index contributed by atoms with van der Waals surface area (Å²) in [6.07, 6.45) is 1.05. The second kappa shape index (κ2) is 3.57. The SMILES string of the molecule is CS(=O)(=O)c1cc(CN)nc(Cl)n1. The molecule has 0 atom stereocenters. The van der Waals surface area contributed by atoms with Gasteiger partial charge in [0.2, 0.25) is 5.28 Å². The third-order valence-electron chi connectivity index (χ3n) is 1.32.